The van der Waals surface area contributed by atoms with E-state index in [1.165, 1.54) is 0 Å². The minimum absolute atomic E-state index is 0.387. The van der Waals surface area contributed by atoms with E-state index in [4.69, 9.17) is 14.8 Å². The lowest BCUT2D eigenvalue weighted by atomic mass is 10.1. The number of fused-ring (bicyclic) bond motifs is 1. The van der Waals surface area contributed by atoms with Gasteiger partial charge in [0, 0.05) is 18.2 Å². The molecule has 7 heteroatoms. The molecule has 0 radical (unpaired) electrons. The Morgan fingerprint density at radius 1 is 1.07 bits per heavy atom. The number of hydrogen-bond donors (Lipinski definition) is 3. The molecule has 0 saturated heterocycles. The monoisotopic (exact) mass is 373 g/mol. The van der Waals surface area contributed by atoms with Gasteiger partial charge in [-0.3, -0.25) is 0 Å². The Morgan fingerprint density at radius 3 is 2.57 bits per heavy atom. The van der Waals surface area contributed by atoms with E-state index < -0.39 is 0 Å². The van der Waals surface area contributed by atoms with Gasteiger partial charge in [-0.25, -0.2) is 15.0 Å². The first-order valence-electron chi connectivity index (χ1n) is 9.01. The van der Waals surface area contributed by atoms with Gasteiger partial charge in [0.1, 0.15) is 5.52 Å². The van der Waals surface area contributed by atoms with Crippen LogP contribution in [0.5, 0.6) is 0 Å². The summed E-state index contributed by atoms with van der Waals surface area (Å²) in [6.45, 7) is 3.56. The molecular formula is C21H21N6O+. The highest BCUT2D eigenvalue weighted by atomic mass is 16.3. The average Bonchev–Trinajstić information content (AvgIpc) is 3.07. The number of quaternary nitrogens is 1. The van der Waals surface area contributed by atoms with Gasteiger partial charge >= 0.3 is 0 Å². The maximum Gasteiger partial charge on any atom is 0.200 e. The Balaban J connectivity index is 1.83. The summed E-state index contributed by atoms with van der Waals surface area (Å²) in [7, 11) is 1.92. The van der Waals surface area contributed by atoms with Crippen LogP contribution in [0.25, 0.3) is 22.5 Å². The Hall–Kier alpha value is -3.58. The van der Waals surface area contributed by atoms with Gasteiger partial charge in [0.25, 0.3) is 0 Å². The standard InChI is InChI=1S/C21H20N6O/c1-12(22)18-19(23-3)21(27-20(26-18)14-7-5-4-6-8-14)25-15-9-10-17-16(11-15)24-13(2)28-17/h4-11,22-23H,1-3H3,(H,25,26,27)/p+1. The lowest BCUT2D eigenvalue weighted by molar-refractivity contribution is -0.539. The summed E-state index contributed by atoms with van der Waals surface area (Å²) in [5.74, 6) is 1.86. The molecule has 2 aromatic carbocycles. The average molecular weight is 373 g/mol. The number of hydrogen-bond acceptors (Lipinski definition) is 6. The number of anilines is 2. The maximum atomic E-state index is 8.17. The molecule has 0 bridgehead atoms. The number of benzene rings is 2. The highest BCUT2D eigenvalue weighted by molar-refractivity contribution is 6.00. The molecule has 4 rings (SSSR count). The fraction of sp³-hybridized carbons (Fsp3) is 0.143. The van der Waals surface area contributed by atoms with Crippen molar-refractivity contribution in [3.63, 3.8) is 0 Å². The van der Waals surface area contributed by atoms with E-state index in [1.807, 2.05) is 67.8 Å². The minimum Gasteiger partial charge on any atom is -0.441 e. The zero-order valence-corrected chi connectivity index (χ0v) is 15.9. The van der Waals surface area contributed by atoms with Gasteiger partial charge in [0.15, 0.2) is 34.5 Å². The lowest BCUT2D eigenvalue weighted by Gasteiger charge is -2.13. The summed E-state index contributed by atoms with van der Waals surface area (Å²) in [4.78, 5) is 13.8. The van der Waals surface area contributed by atoms with Crippen LogP contribution in [0.1, 0.15) is 18.5 Å². The molecule has 0 aliphatic rings. The molecule has 0 saturated carbocycles. The summed E-state index contributed by atoms with van der Waals surface area (Å²) in [5.41, 5.74) is 5.06. The van der Waals surface area contributed by atoms with E-state index in [1.54, 1.807) is 6.92 Å². The summed E-state index contributed by atoms with van der Waals surface area (Å²) in [6, 6.07) is 15.5. The van der Waals surface area contributed by atoms with Crippen molar-refractivity contribution in [3.8, 4) is 11.4 Å². The summed E-state index contributed by atoms with van der Waals surface area (Å²) in [6.07, 6.45) is 0. The highest BCUT2D eigenvalue weighted by Gasteiger charge is 2.20. The fourth-order valence-corrected chi connectivity index (χ4v) is 3.10. The van der Waals surface area contributed by atoms with Crippen LogP contribution < -0.4 is 10.6 Å². The molecule has 0 amide bonds. The molecule has 2 heterocycles. The molecule has 140 valence electrons. The first-order chi connectivity index (χ1) is 13.5. The van der Waals surface area contributed by atoms with E-state index in [2.05, 4.69) is 15.3 Å². The van der Waals surface area contributed by atoms with Crippen molar-refractivity contribution in [2.75, 3.05) is 12.4 Å². The normalized spacial score (nSPS) is 11.0. The Morgan fingerprint density at radius 2 is 1.86 bits per heavy atom. The van der Waals surface area contributed by atoms with E-state index in [-0.39, 0.29) is 0 Å². The zero-order valence-electron chi connectivity index (χ0n) is 15.9. The number of aromatic nitrogens is 3. The summed E-state index contributed by atoms with van der Waals surface area (Å²) < 4.78 is 5.55. The van der Waals surface area contributed by atoms with Crippen LogP contribution in [0, 0.1) is 12.3 Å². The molecule has 7 nitrogen and oxygen atoms in total. The number of aryl methyl sites for hydroxylation is 1. The van der Waals surface area contributed by atoms with Crippen molar-refractivity contribution < 1.29 is 9.73 Å². The minimum atomic E-state index is 0.387. The quantitative estimate of drug-likeness (QED) is 0.464. The predicted molar refractivity (Wildman–Crippen MR) is 110 cm³/mol. The van der Waals surface area contributed by atoms with Crippen molar-refractivity contribution in [1.29, 1.82) is 5.41 Å². The molecule has 0 fully saturated rings. The van der Waals surface area contributed by atoms with Gasteiger partial charge in [0.05, 0.1) is 12.8 Å². The van der Waals surface area contributed by atoms with E-state index in [9.17, 15) is 0 Å². The van der Waals surface area contributed by atoms with Crippen LogP contribution in [0.4, 0.5) is 17.2 Å². The Kier molecular flexibility index (Phi) is 4.58. The maximum absolute atomic E-state index is 8.17. The van der Waals surface area contributed by atoms with Crippen LogP contribution in [-0.4, -0.2) is 27.7 Å². The Bertz CT molecular complexity index is 1170. The van der Waals surface area contributed by atoms with E-state index in [0.29, 0.717) is 28.9 Å². The molecule has 0 atom stereocenters. The number of nitrogens with zero attached hydrogens (tertiary/aromatic N) is 3. The van der Waals surface area contributed by atoms with Gasteiger partial charge in [-0.2, -0.15) is 0 Å². The van der Waals surface area contributed by atoms with Crippen molar-refractivity contribution in [2.24, 2.45) is 0 Å². The van der Waals surface area contributed by atoms with Crippen LogP contribution in [0.3, 0.4) is 0 Å². The third kappa shape index (κ3) is 3.35. The van der Waals surface area contributed by atoms with Gasteiger partial charge in [0.2, 0.25) is 0 Å². The van der Waals surface area contributed by atoms with Crippen LogP contribution >= 0.6 is 0 Å². The summed E-state index contributed by atoms with van der Waals surface area (Å²) in [5, 5.41) is 13.5. The number of nitrogens with two attached hydrogens (primary N) is 1. The first kappa shape index (κ1) is 17.8. The molecule has 0 unspecified atom stereocenters. The van der Waals surface area contributed by atoms with Crippen molar-refractivity contribution in [1.82, 2.24) is 15.0 Å². The predicted octanol–water partition coefficient (Wildman–Crippen LogP) is 3.55. The molecule has 0 aliphatic heterocycles. The van der Waals surface area contributed by atoms with Crippen molar-refractivity contribution >= 4 is 34.0 Å². The van der Waals surface area contributed by atoms with Crippen LogP contribution in [0.2, 0.25) is 0 Å². The smallest absolute Gasteiger partial charge is 0.200 e. The molecule has 4 aromatic rings. The van der Waals surface area contributed by atoms with Gasteiger partial charge < -0.3 is 20.5 Å². The SMILES string of the molecule is C[NH2+]c1c(Nc2ccc3oc(C)nc3c2)nc(-c2ccccc2)nc1C(C)=N. The van der Waals surface area contributed by atoms with Gasteiger partial charge in [-0.15, -0.1) is 0 Å². The lowest BCUT2D eigenvalue weighted by Crippen LogP contribution is -2.73. The fourth-order valence-electron chi connectivity index (χ4n) is 3.10. The molecule has 28 heavy (non-hydrogen) atoms. The second kappa shape index (κ2) is 7.21. The molecule has 0 aliphatic carbocycles. The molecule has 2 aromatic heterocycles. The number of rotatable bonds is 5. The summed E-state index contributed by atoms with van der Waals surface area (Å²) >= 11 is 0. The third-order valence-electron chi connectivity index (χ3n) is 4.38. The van der Waals surface area contributed by atoms with Crippen molar-refractivity contribution in [3.05, 3.63) is 60.1 Å². The number of nitrogens with one attached hydrogen (secondary N) is 2. The molecule has 0 spiro atoms. The van der Waals surface area contributed by atoms with Gasteiger partial charge in [-0.05, 0) is 25.1 Å². The topological polar surface area (TPSA) is 104 Å². The van der Waals surface area contributed by atoms with Gasteiger partial charge in [-0.1, -0.05) is 30.3 Å². The van der Waals surface area contributed by atoms with E-state index >= 15 is 0 Å². The zero-order chi connectivity index (χ0) is 19.7. The van der Waals surface area contributed by atoms with Crippen LogP contribution in [-0.2, 0) is 0 Å². The largest absolute Gasteiger partial charge is 0.441 e. The Labute approximate surface area is 162 Å². The molecule has 4 N–H and O–H groups in total. The second-order valence-electron chi connectivity index (χ2n) is 6.48. The number of oxazole rings is 1. The second-order valence-corrected chi connectivity index (χ2v) is 6.48. The first-order valence-corrected chi connectivity index (χ1v) is 9.01. The molecular weight excluding hydrogens is 352 g/mol. The highest BCUT2D eigenvalue weighted by Crippen LogP contribution is 2.28. The third-order valence-corrected chi connectivity index (χ3v) is 4.38. The van der Waals surface area contributed by atoms with Crippen LogP contribution in [0.15, 0.2) is 52.9 Å². The van der Waals surface area contributed by atoms with Crippen molar-refractivity contribution in [2.45, 2.75) is 13.8 Å². The van der Waals surface area contributed by atoms with E-state index in [0.717, 1.165) is 28.0 Å².